The minimum atomic E-state index is -1.10. The highest BCUT2D eigenvalue weighted by Gasteiger charge is 2.75. The number of fused-ring (bicyclic) bond motifs is 4. The summed E-state index contributed by atoms with van der Waals surface area (Å²) < 4.78 is 13.5. The third kappa shape index (κ3) is 2.29. The van der Waals surface area contributed by atoms with Crippen LogP contribution >= 0.6 is 0 Å². The van der Waals surface area contributed by atoms with Crippen LogP contribution in [0.5, 0.6) is 23.0 Å². The number of phenolic OH excluding ortho intramolecular Hbond substituents is 2. The number of aromatic nitrogens is 1. The molecule has 2 fully saturated rings. The zero-order chi connectivity index (χ0) is 29.7. The number of pyridine rings is 1. The van der Waals surface area contributed by atoms with Crippen LogP contribution in [0.2, 0.25) is 0 Å². The molecule has 4 bridgehead atoms. The minimum Gasteiger partial charge on any atom is -0.504 e. The number of likely N-dealkylation sites (tertiary alicyclic amines) is 2. The van der Waals surface area contributed by atoms with Gasteiger partial charge in [0.15, 0.2) is 35.2 Å². The van der Waals surface area contributed by atoms with Crippen molar-refractivity contribution in [2.24, 2.45) is 0 Å². The van der Waals surface area contributed by atoms with E-state index in [9.17, 15) is 20.4 Å². The molecule has 226 valence electrons. The van der Waals surface area contributed by atoms with Crippen LogP contribution in [0.15, 0.2) is 30.3 Å². The lowest BCUT2D eigenvalue weighted by molar-refractivity contribution is -0.171. The zero-order valence-electron chi connectivity index (χ0n) is 24.8. The zero-order valence-corrected chi connectivity index (χ0v) is 24.8. The lowest BCUT2D eigenvalue weighted by Crippen LogP contribution is -2.74. The third-order valence-electron chi connectivity index (χ3n) is 13.6. The van der Waals surface area contributed by atoms with Gasteiger partial charge < -0.3 is 39.7 Å². The average Bonchev–Trinajstić information content (AvgIpc) is 3.53. The topological polar surface area (TPSA) is 119 Å². The molecule has 44 heavy (non-hydrogen) atoms. The van der Waals surface area contributed by atoms with E-state index in [1.165, 1.54) is 0 Å². The van der Waals surface area contributed by atoms with Crippen LogP contribution in [0.3, 0.4) is 0 Å². The van der Waals surface area contributed by atoms with E-state index >= 15 is 0 Å². The quantitative estimate of drug-likeness (QED) is 0.312. The van der Waals surface area contributed by atoms with Gasteiger partial charge in [-0.05, 0) is 87.3 Å². The number of aliphatic hydroxyl groups is 2. The van der Waals surface area contributed by atoms with Gasteiger partial charge >= 0.3 is 0 Å². The van der Waals surface area contributed by atoms with Crippen LogP contribution in [0.1, 0.15) is 69.8 Å². The van der Waals surface area contributed by atoms with Crippen molar-refractivity contribution in [3.63, 3.8) is 0 Å². The van der Waals surface area contributed by atoms with Gasteiger partial charge in [-0.2, -0.15) is 0 Å². The van der Waals surface area contributed by atoms with E-state index in [0.717, 1.165) is 57.9 Å². The van der Waals surface area contributed by atoms with Crippen LogP contribution in [0.25, 0.3) is 0 Å². The van der Waals surface area contributed by atoms with Crippen molar-refractivity contribution in [2.75, 3.05) is 27.2 Å². The van der Waals surface area contributed by atoms with Crippen LogP contribution in [0, 0.1) is 0 Å². The molecule has 11 rings (SSSR count). The van der Waals surface area contributed by atoms with Gasteiger partial charge in [-0.25, -0.2) is 4.98 Å². The maximum atomic E-state index is 12.9. The fourth-order valence-corrected chi connectivity index (χ4v) is 11.8. The molecule has 2 spiro atoms. The molecule has 4 aliphatic carbocycles. The molecule has 8 atom stereocenters. The molecule has 1 aromatic heterocycles. The second kappa shape index (κ2) is 7.20. The summed E-state index contributed by atoms with van der Waals surface area (Å²) in [7, 11) is 4.19. The summed E-state index contributed by atoms with van der Waals surface area (Å²) in [6.07, 6.45) is 2.53. The number of ether oxygens (including phenoxy) is 2. The number of piperidine rings is 2. The first kappa shape index (κ1) is 24.9. The molecule has 9 nitrogen and oxygen atoms in total. The van der Waals surface area contributed by atoms with Crippen LogP contribution in [-0.2, 0) is 36.5 Å². The number of hydrogen-bond donors (Lipinski definition) is 4. The molecule has 0 unspecified atom stereocenters. The standard InChI is InChI=1S/C35H35N3O6/c1-37-9-7-32-24-16-3-5-20(39)28(24)43-30(32)26-18(14-34(32,41)22(37)12-16)11-19-15-35(42)23-13-17-4-6-21(40)29-25(17)33(35,8-10-38(23)2)31(44-29)27(19)36-26/h3-6,11,22-23,30-31,39-42H,7-10,12-15H2,1-2H3/t22-,23+,30-,31-,32-,33-,34+,35+/m0/s1. The predicted molar refractivity (Wildman–Crippen MR) is 157 cm³/mol. The van der Waals surface area contributed by atoms with Crippen molar-refractivity contribution in [2.45, 2.75) is 84.8 Å². The van der Waals surface area contributed by atoms with Crippen molar-refractivity contribution in [3.05, 3.63) is 75.1 Å². The van der Waals surface area contributed by atoms with E-state index in [1.54, 1.807) is 12.1 Å². The predicted octanol–water partition coefficient (Wildman–Crippen LogP) is 2.33. The van der Waals surface area contributed by atoms with Gasteiger partial charge in [-0.15, -0.1) is 0 Å². The molecule has 4 aliphatic heterocycles. The Balaban J connectivity index is 1.17. The van der Waals surface area contributed by atoms with Crippen molar-refractivity contribution in [1.29, 1.82) is 0 Å². The van der Waals surface area contributed by atoms with Gasteiger partial charge in [0.25, 0.3) is 0 Å². The Morgan fingerprint density at radius 1 is 0.705 bits per heavy atom. The highest BCUT2D eigenvalue weighted by atomic mass is 16.5. The summed E-state index contributed by atoms with van der Waals surface area (Å²) in [4.78, 5) is 10.0. The lowest BCUT2D eigenvalue weighted by atomic mass is 9.48. The molecule has 0 radical (unpaired) electrons. The Labute approximate surface area is 254 Å². The first-order chi connectivity index (χ1) is 21.1. The first-order valence-electron chi connectivity index (χ1n) is 16.0. The molecule has 0 amide bonds. The number of nitrogens with zero attached hydrogens (tertiary/aromatic N) is 3. The maximum Gasteiger partial charge on any atom is 0.166 e. The Morgan fingerprint density at radius 3 is 1.61 bits per heavy atom. The molecule has 2 saturated heterocycles. The average molecular weight is 594 g/mol. The largest absolute Gasteiger partial charge is 0.504 e. The summed E-state index contributed by atoms with van der Waals surface area (Å²) >= 11 is 0. The number of benzene rings is 2. The van der Waals surface area contributed by atoms with Gasteiger partial charge in [0.1, 0.15) is 0 Å². The van der Waals surface area contributed by atoms with Gasteiger partial charge in [0.2, 0.25) is 0 Å². The van der Waals surface area contributed by atoms with E-state index in [4.69, 9.17) is 14.5 Å². The van der Waals surface area contributed by atoms with Gasteiger partial charge in [-0.1, -0.05) is 18.2 Å². The Morgan fingerprint density at radius 2 is 1.16 bits per heavy atom. The monoisotopic (exact) mass is 593 g/mol. The Bertz CT molecular complexity index is 1770. The fourth-order valence-electron chi connectivity index (χ4n) is 11.8. The highest BCUT2D eigenvalue weighted by molar-refractivity contribution is 5.67. The van der Waals surface area contributed by atoms with E-state index in [2.05, 4.69) is 30.0 Å². The normalized spacial score (nSPS) is 41.2. The Hall–Kier alpha value is -3.37. The van der Waals surface area contributed by atoms with E-state index in [0.29, 0.717) is 50.0 Å². The summed E-state index contributed by atoms with van der Waals surface area (Å²) in [6.45, 7) is 1.63. The molecular formula is C35H35N3O6. The van der Waals surface area contributed by atoms with Crippen LogP contribution in [0.4, 0.5) is 0 Å². The smallest absolute Gasteiger partial charge is 0.166 e. The first-order valence-corrected chi connectivity index (χ1v) is 16.0. The number of hydrogen-bond acceptors (Lipinski definition) is 9. The second-order valence-electron chi connectivity index (χ2n) is 15.0. The molecule has 2 aromatic carbocycles. The summed E-state index contributed by atoms with van der Waals surface area (Å²) in [5.41, 5.74) is 4.00. The van der Waals surface area contributed by atoms with Crippen LogP contribution < -0.4 is 9.47 Å². The molecular weight excluding hydrogens is 558 g/mol. The van der Waals surface area contributed by atoms with E-state index in [-0.39, 0.29) is 23.6 Å². The molecule has 3 aromatic rings. The summed E-state index contributed by atoms with van der Waals surface area (Å²) in [6, 6.07) is 9.40. The molecule has 8 aliphatic rings. The Kier molecular flexibility index (Phi) is 4.07. The third-order valence-corrected chi connectivity index (χ3v) is 13.6. The maximum absolute atomic E-state index is 12.9. The number of rotatable bonds is 0. The number of aromatic hydroxyl groups is 2. The van der Waals surface area contributed by atoms with E-state index in [1.807, 2.05) is 12.1 Å². The summed E-state index contributed by atoms with van der Waals surface area (Å²) in [5.74, 6) is 1.18. The van der Waals surface area contributed by atoms with Crippen molar-refractivity contribution in [1.82, 2.24) is 14.8 Å². The van der Waals surface area contributed by atoms with E-state index < -0.39 is 34.2 Å². The van der Waals surface area contributed by atoms with Gasteiger partial charge in [-0.3, -0.25) is 0 Å². The minimum absolute atomic E-state index is 0.0950. The SMILES string of the molecule is CN1CC[C@]23c4c5ccc(O)c4O[C@H]2c2nc4c(cc2C[C@@]3(O)[C@@H]1C5)C[C@@]1(O)[C@H]2Cc3ccc(O)c5c3[C@@]1(CCN2C)[C@H]4O5. The van der Waals surface area contributed by atoms with Crippen LogP contribution in [-0.4, -0.2) is 85.7 Å². The fraction of sp³-hybridized carbons (Fsp3) is 0.514. The molecule has 0 saturated carbocycles. The lowest BCUT2D eigenvalue weighted by Gasteiger charge is -2.63. The molecule has 4 N–H and O–H groups in total. The van der Waals surface area contributed by atoms with Crippen molar-refractivity contribution >= 4 is 0 Å². The number of phenols is 2. The van der Waals surface area contributed by atoms with Gasteiger partial charge in [0.05, 0.1) is 33.4 Å². The van der Waals surface area contributed by atoms with Gasteiger partial charge in [0, 0.05) is 36.1 Å². The molecule has 9 heteroatoms. The van der Waals surface area contributed by atoms with Crippen molar-refractivity contribution in [3.8, 4) is 23.0 Å². The highest BCUT2D eigenvalue weighted by Crippen LogP contribution is 2.71. The molecule has 5 heterocycles. The summed E-state index contributed by atoms with van der Waals surface area (Å²) in [5, 5.41) is 47.9. The van der Waals surface area contributed by atoms with Crippen molar-refractivity contribution < 1.29 is 29.9 Å². The number of likely N-dealkylation sites (N-methyl/N-ethyl adjacent to an activating group) is 2. The second-order valence-corrected chi connectivity index (χ2v) is 15.0.